The molecule has 0 aromatic heterocycles. The summed E-state index contributed by atoms with van der Waals surface area (Å²) in [6, 6.07) is 7.66. The zero-order chi connectivity index (χ0) is 13.0. The minimum atomic E-state index is -0.297. The maximum atomic E-state index is 11.3. The van der Waals surface area contributed by atoms with Crippen molar-refractivity contribution in [1.82, 2.24) is 4.90 Å². The first-order valence-electron chi connectivity index (χ1n) is 5.81. The van der Waals surface area contributed by atoms with Crippen LogP contribution in [0.15, 0.2) is 24.3 Å². The molecule has 0 fully saturated rings. The lowest BCUT2D eigenvalue weighted by Gasteiger charge is -2.30. The summed E-state index contributed by atoms with van der Waals surface area (Å²) in [5.74, 6) is -0.297. The van der Waals surface area contributed by atoms with Crippen LogP contribution in [0.2, 0.25) is 0 Å². The second kappa shape index (κ2) is 5.68. The Kier molecular flexibility index (Phi) is 4.52. The first-order valence-corrected chi connectivity index (χ1v) is 5.81. The minimum Gasteiger partial charge on any atom is -0.399 e. The molecular formula is C13H21N3O. The molecule has 94 valence electrons. The maximum absolute atomic E-state index is 11.3. The Balaban J connectivity index is 2.80. The number of amides is 1. The van der Waals surface area contributed by atoms with Crippen molar-refractivity contribution < 1.29 is 4.79 Å². The third-order valence-corrected chi connectivity index (χ3v) is 2.92. The SMILES string of the molecule is CC(C)N(Cc1ccc(N)cc1)C(C)C(N)=O. The summed E-state index contributed by atoms with van der Waals surface area (Å²) in [7, 11) is 0. The molecule has 1 aromatic rings. The fourth-order valence-corrected chi connectivity index (χ4v) is 1.76. The Labute approximate surface area is 103 Å². The van der Waals surface area contributed by atoms with Gasteiger partial charge in [-0.25, -0.2) is 0 Å². The van der Waals surface area contributed by atoms with Crippen LogP contribution in [0.5, 0.6) is 0 Å². The lowest BCUT2D eigenvalue weighted by atomic mass is 10.1. The van der Waals surface area contributed by atoms with Gasteiger partial charge in [-0.05, 0) is 38.5 Å². The van der Waals surface area contributed by atoms with Crippen molar-refractivity contribution in [3.8, 4) is 0 Å². The van der Waals surface area contributed by atoms with Gasteiger partial charge in [0.2, 0.25) is 5.91 Å². The first kappa shape index (κ1) is 13.5. The molecule has 4 N–H and O–H groups in total. The molecular weight excluding hydrogens is 214 g/mol. The van der Waals surface area contributed by atoms with Crippen molar-refractivity contribution in [1.29, 1.82) is 0 Å². The number of anilines is 1. The van der Waals surface area contributed by atoms with Gasteiger partial charge in [-0.15, -0.1) is 0 Å². The van der Waals surface area contributed by atoms with Crippen molar-refractivity contribution in [3.63, 3.8) is 0 Å². The van der Waals surface area contributed by atoms with Crippen LogP contribution in [0.25, 0.3) is 0 Å². The van der Waals surface area contributed by atoms with Gasteiger partial charge in [-0.1, -0.05) is 12.1 Å². The number of primary amides is 1. The fraction of sp³-hybridized carbons (Fsp3) is 0.462. The summed E-state index contributed by atoms with van der Waals surface area (Å²) < 4.78 is 0. The molecule has 1 unspecified atom stereocenters. The normalized spacial score (nSPS) is 13.0. The number of carbonyl (C=O) groups excluding carboxylic acids is 1. The highest BCUT2D eigenvalue weighted by Gasteiger charge is 2.21. The lowest BCUT2D eigenvalue weighted by molar-refractivity contribution is -0.123. The van der Waals surface area contributed by atoms with Gasteiger partial charge in [0.05, 0.1) is 6.04 Å². The van der Waals surface area contributed by atoms with E-state index in [-0.39, 0.29) is 18.0 Å². The summed E-state index contributed by atoms with van der Waals surface area (Å²) >= 11 is 0. The summed E-state index contributed by atoms with van der Waals surface area (Å²) in [5.41, 5.74) is 12.9. The smallest absolute Gasteiger partial charge is 0.234 e. The number of nitrogen functional groups attached to an aromatic ring is 1. The molecule has 1 amide bonds. The highest BCUT2D eigenvalue weighted by Crippen LogP contribution is 2.13. The van der Waals surface area contributed by atoms with Gasteiger partial charge in [0.1, 0.15) is 0 Å². The largest absolute Gasteiger partial charge is 0.399 e. The number of nitrogens with zero attached hydrogens (tertiary/aromatic N) is 1. The third-order valence-electron chi connectivity index (χ3n) is 2.92. The Morgan fingerprint density at radius 2 is 1.76 bits per heavy atom. The number of hydrogen-bond acceptors (Lipinski definition) is 3. The van der Waals surface area contributed by atoms with E-state index in [1.165, 1.54) is 0 Å². The molecule has 1 aromatic carbocycles. The van der Waals surface area contributed by atoms with E-state index in [2.05, 4.69) is 18.7 Å². The topological polar surface area (TPSA) is 72.3 Å². The number of rotatable bonds is 5. The number of benzene rings is 1. The molecule has 0 aliphatic heterocycles. The fourth-order valence-electron chi connectivity index (χ4n) is 1.76. The molecule has 0 aliphatic rings. The predicted octanol–water partition coefficient (Wildman–Crippen LogP) is 1.35. The van der Waals surface area contributed by atoms with E-state index in [9.17, 15) is 4.79 Å². The summed E-state index contributed by atoms with van der Waals surface area (Å²) in [5, 5.41) is 0. The quantitative estimate of drug-likeness (QED) is 0.757. The van der Waals surface area contributed by atoms with Crippen LogP contribution in [0, 0.1) is 0 Å². The van der Waals surface area contributed by atoms with Gasteiger partial charge in [0.25, 0.3) is 0 Å². The van der Waals surface area contributed by atoms with Crippen molar-refractivity contribution in [2.75, 3.05) is 5.73 Å². The van der Waals surface area contributed by atoms with Gasteiger partial charge in [-0.2, -0.15) is 0 Å². The molecule has 0 saturated carbocycles. The molecule has 4 heteroatoms. The number of carbonyl (C=O) groups is 1. The van der Waals surface area contributed by atoms with E-state index in [4.69, 9.17) is 11.5 Å². The van der Waals surface area contributed by atoms with Crippen molar-refractivity contribution in [2.24, 2.45) is 5.73 Å². The second-order valence-corrected chi connectivity index (χ2v) is 4.59. The molecule has 0 radical (unpaired) electrons. The summed E-state index contributed by atoms with van der Waals surface area (Å²) in [4.78, 5) is 13.3. The van der Waals surface area contributed by atoms with E-state index in [1.807, 2.05) is 31.2 Å². The van der Waals surface area contributed by atoms with E-state index >= 15 is 0 Å². The van der Waals surface area contributed by atoms with Gasteiger partial charge >= 0.3 is 0 Å². The van der Waals surface area contributed by atoms with Crippen LogP contribution in [-0.4, -0.2) is 22.9 Å². The third kappa shape index (κ3) is 3.75. The Bertz CT molecular complexity index is 373. The minimum absolute atomic E-state index is 0.259. The van der Waals surface area contributed by atoms with Crippen LogP contribution in [0.4, 0.5) is 5.69 Å². The molecule has 4 nitrogen and oxygen atoms in total. The standard InChI is InChI=1S/C13H21N3O/c1-9(2)16(10(3)13(15)17)8-11-4-6-12(14)7-5-11/h4-7,9-10H,8,14H2,1-3H3,(H2,15,17). The van der Waals surface area contributed by atoms with E-state index < -0.39 is 0 Å². The molecule has 0 saturated heterocycles. The Morgan fingerprint density at radius 1 is 1.24 bits per heavy atom. The molecule has 1 atom stereocenters. The first-order chi connectivity index (χ1) is 7.91. The number of hydrogen-bond donors (Lipinski definition) is 2. The predicted molar refractivity (Wildman–Crippen MR) is 70.2 cm³/mol. The number of nitrogens with two attached hydrogens (primary N) is 2. The van der Waals surface area contributed by atoms with Gasteiger partial charge in [-0.3, -0.25) is 9.69 Å². The average Bonchev–Trinajstić information content (AvgIpc) is 2.26. The van der Waals surface area contributed by atoms with Crippen LogP contribution in [0.1, 0.15) is 26.3 Å². The molecule has 0 bridgehead atoms. The van der Waals surface area contributed by atoms with E-state index in [0.717, 1.165) is 11.3 Å². The van der Waals surface area contributed by atoms with Gasteiger partial charge in [0, 0.05) is 18.3 Å². The molecule has 0 spiro atoms. The second-order valence-electron chi connectivity index (χ2n) is 4.59. The highest BCUT2D eigenvalue weighted by molar-refractivity contribution is 5.79. The van der Waals surface area contributed by atoms with Crippen molar-refractivity contribution in [2.45, 2.75) is 39.4 Å². The van der Waals surface area contributed by atoms with Gasteiger partial charge < -0.3 is 11.5 Å². The zero-order valence-electron chi connectivity index (χ0n) is 10.7. The molecule has 1 rings (SSSR count). The Morgan fingerprint density at radius 3 is 2.18 bits per heavy atom. The average molecular weight is 235 g/mol. The van der Waals surface area contributed by atoms with E-state index in [1.54, 1.807) is 0 Å². The molecule has 17 heavy (non-hydrogen) atoms. The van der Waals surface area contributed by atoms with E-state index in [0.29, 0.717) is 6.54 Å². The Hall–Kier alpha value is -1.55. The molecule has 0 aliphatic carbocycles. The van der Waals surface area contributed by atoms with Crippen molar-refractivity contribution >= 4 is 11.6 Å². The molecule has 0 heterocycles. The maximum Gasteiger partial charge on any atom is 0.234 e. The van der Waals surface area contributed by atoms with Crippen LogP contribution >= 0.6 is 0 Å². The van der Waals surface area contributed by atoms with Gasteiger partial charge in [0.15, 0.2) is 0 Å². The monoisotopic (exact) mass is 235 g/mol. The zero-order valence-corrected chi connectivity index (χ0v) is 10.7. The summed E-state index contributed by atoms with van der Waals surface area (Å²) in [6.07, 6.45) is 0. The van der Waals surface area contributed by atoms with Crippen molar-refractivity contribution in [3.05, 3.63) is 29.8 Å². The van der Waals surface area contributed by atoms with Crippen LogP contribution < -0.4 is 11.5 Å². The highest BCUT2D eigenvalue weighted by atomic mass is 16.1. The van der Waals surface area contributed by atoms with Crippen LogP contribution in [-0.2, 0) is 11.3 Å². The van der Waals surface area contributed by atoms with Crippen LogP contribution in [0.3, 0.4) is 0 Å². The lowest BCUT2D eigenvalue weighted by Crippen LogP contribution is -2.45. The summed E-state index contributed by atoms with van der Waals surface area (Å²) in [6.45, 7) is 6.63.